The molecule has 0 saturated carbocycles. The van der Waals surface area contributed by atoms with Gasteiger partial charge in [0.15, 0.2) is 11.5 Å². The van der Waals surface area contributed by atoms with E-state index in [2.05, 4.69) is 5.32 Å². The lowest BCUT2D eigenvalue weighted by Crippen LogP contribution is -2.54. The maximum absolute atomic E-state index is 6.24. The SMILES string of the molecule is COc1cc(CNc2nc(N3C[C@H](N)C[C@H](N)C3)nc(N3C[C@H](N)C[C@H](N)C3)n2)cc(OC)c1OC. The van der Waals surface area contributed by atoms with Gasteiger partial charge in [-0.25, -0.2) is 0 Å². The van der Waals surface area contributed by atoms with E-state index in [9.17, 15) is 0 Å². The lowest BCUT2D eigenvalue weighted by molar-refractivity contribution is 0.324. The van der Waals surface area contributed by atoms with Crippen molar-refractivity contribution in [1.29, 1.82) is 0 Å². The van der Waals surface area contributed by atoms with Gasteiger partial charge in [0, 0.05) is 56.9 Å². The molecular weight excluding hydrogens is 464 g/mol. The molecule has 0 bridgehead atoms. The molecule has 2 saturated heterocycles. The van der Waals surface area contributed by atoms with E-state index in [-0.39, 0.29) is 24.2 Å². The number of hydrogen-bond acceptors (Lipinski definition) is 13. The number of piperidine rings is 2. The van der Waals surface area contributed by atoms with Crippen molar-refractivity contribution in [1.82, 2.24) is 15.0 Å². The Labute approximate surface area is 211 Å². The number of nitrogens with two attached hydrogens (primary N) is 4. The molecule has 1 aromatic heterocycles. The third-order valence-corrected chi connectivity index (χ3v) is 6.38. The zero-order chi connectivity index (χ0) is 25.8. The molecule has 0 unspecified atom stereocenters. The first-order valence-corrected chi connectivity index (χ1v) is 12.1. The van der Waals surface area contributed by atoms with Crippen molar-refractivity contribution in [3.63, 3.8) is 0 Å². The standard InChI is InChI=1S/C23H38N10O3/c1-34-18-4-13(5-19(35-2)20(18)36-3)8-28-21-29-22(32-9-14(24)6-15(25)10-32)31-23(30-21)33-11-16(26)7-17(27)12-33/h4-5,14-17H,6-12,24-27H2,1-3H3,(H,28,29,30,31)/t14-,15+,16-,17+. The maximum Gasteiger partial charge on any atom is 0.232 e. The molecular formula is C23H38N10O3. The van der Waals surface area contributed by atoms with Crippen molar-refractivity contribution in [2.24, 2.45) is 22.9 Å². The monoisotopic (exact) mass is 502 g/mol. The van der Waals surface area contributed by atoms with Crippen molar-refractivity contribution < 1.29 is 14.2 Å². The summed E-state index contributed by atoms with van der Waals surface area (Å²) >= 11 is 0. The summed E-state index contributed by atoms with van der Waals surface area (Å²) in [6.07, 6.45) is 1.52. The summed E-state index contributed by atoms with van der Waals surface area (Å²) in [6.45, 7) is 2.87. The minimum atomic E-state index is -0.0542. The second-order valence-electron chi connectivity index (χ2n) is 9.47. The normalized spacial score (nSPS) is 24.4. The second-order valence-corrected chi connectivity index (χ2v) is 9.47. The Kier molecular flexibility index (Phi) is 8.14. The highest BCUT2D eigenvalue weighted by Crippen LogP contribution is 2.38. The number of benzene rings is 1. The molecule has 4 atom stereocenters. The Morgan fingerprint density at radius 1 is 0.750 bits per heavy atom. The van der Waals surface area contributed by atoms with Gasteiger partial charge in [0.1, 0.15) is 0 Å². The molecule has 2 aliphatic heterocycles. The number of hydrogen-bond donors (Lipinski definition) is 5. The Morgan fingerprint density at radius 3 is 1.58 bits per heavy atom. The number of aromatic nitrogens is 3. The van der Waals surface area contributed by atoms with Gasteiger partial charge in [-0.2, -0.15) is 15.0 Å². The van der Waals surface area contributed by atoms with Crippen LogP contribution in [0.25, 0.3) is 0 Å². The fourth-order valence-corrected chi connectivity index (χ4v) is 4.82. The van der Waals surface area contributed by atoms with E-state index in [4.69, 9.17) is 52.1 Å². The first-order chi connectivity index (χ1) is 17.3. The van der Waals surface area contributed by atoms with Gasteiger partial charge in [-0.05, 0) is 30.5 Å². The fourth-order valence-electron chi connectivity index (χ4n) is 4.82. The van der Waals surface area contributed by atoms with Crippen LogP contribution in [0.2, 0.25) is 0 Å². The number of anilines is 3. The van der Waals surface area contributed by atoms with Crippen molar-refractivity contribution in [3.05, 3.63) is 17.7 Å². The van der Waals surface area contributed by atoms with E-state index in [1.54, 1.807) is 21.3 Å². The molecule has 0 aliphatic carbocycles. The van der Waals surface area contributed by atoms with Gasteiger partial charge in [-0.1, -0.05) is 0 Å². The van der Waals surface area contributed by atoms with Gasteiger partial charge in [-0.3, -0.25) is 0 Å². The molecule has 2 fully saturated rings. The second kappa shape index (κ2) is 11.3. The summed E-state index contributed by atoms with van der Waals surface area (Å²) in [6, 6.07) is 3.54. The zero-order valence-corrected chi connectivity index (χ0v) is 21.2. The lowest BCUT2D eigenvalue weighted by Gasteiger charge is -2.37. The highest BCUT2D eigenvalue weighted by molar-refractivity contribution is 5.54. The quantitative estimate of drug-likeness (QED) is 0.303. The number of rotatable bonds is 8. The zero-order valence-electron chi connectivity index (χ0n) is 21.2. The van der Waals surface area contributed by atoms with Gasteiger partial charge in [0.25, 0.3) is 0 Å². The molecule has 3 heterocycles. The van der Waals surface area contributed by atoms with Gasteiger partial charge < -0.3 is 52.3 Å². The first-order valence-electron chi connectivity index (χ1n) is 12.1. The van der Waals surface area contributed by atoms with Crippen LogP contribution in [0, 0.1) is 0 Å². The largest absolute Gasteiger partial charge is 0.493 e. The predicted molar refractivity (Wildman–Crippen MR) is 139 cm³/mol. The van der Waals surface area contributed by atoms with Gasteiger partial charge in [0.2, 0.25) is 23.6 Å². The lowest BCUT2D eigenvalue weighted by atomic mass is 10.0. The molecule has 13 heteroatoms. The summed E-state index contributed by atoms with van der Waals surface area (Å²) in [7, 11) is 4.74. The van der Waals surface area contributed by atoms with Crippen LogP contribution in [0.15, 0.2) is 12.1 Å². The molecule has 198 valence electrons. The summed E-state index contributed by atoms with van der Waals surface area (Å²) < 4.78 is 16.4. The van der Waals surface area contributed by atoms with E-state index in [0.29, 0.717) is 67.8 Å². The Morgan fingerprint density at radius 2 is 1.19 bits per heavy atom. The topological polar surface area (TPSA) is 189 Å². The maximum atomic E-state index is 6.24. The van der Waals surface area contributed by atoms with Gasteiger partial charge in [-0.15, -0.1) is 0 Å². The van der Waals surface area contributed by atoms with Crippen molar-refractivity contribution in [2.45, 2.75) is 43.6 Å². The summed E-state index contributed by atoms with van der Waals surface area (Å²) in [5.74, 6) is 3.13. The van der Waals surface area contributed by atoms with E-state index in [0.717, 1.165) is 18.4 Å². The number of nitrogens with one attached hydrogen (secondary N) is 1. The highest BCUT2D eigenvalue weighted by atomic mass is 16.5. The molecule has 4 rings (SSSR count). The Hall–Kier alpha value is -3.13. The molecule has 0 radical (unpaired) electrons. The highest BCUT2D eigenvalue weighted by Gasteiger charge is 2.28. The van der Waals surface area contributed by atoms with Crippen LogP contribution in [0.3, 0.4) is 0 Å². The van der Waals surface area contributed by atoms with E-state index in [1.807, 2.05) is 21.9 Å². The van der Waals surface area contributed by atoms with Gasteiger partial charge in [0.05, 0.1) is 21.3 Å². The molecule has 0 amide bonds. The van der Waals surface area contributed by atoms with Crippen LogP contribution in [0.1, 0.15) is 18.4 Å². The predicted octanol–water partition coefficient (Wildman–Crippen LogP) is -0.761. The molecule has 13 nitrogen and oxygen atoms in total. The fraction of sp³-hybridized carbons (Fsp3) is 0.609. The Balaban J connectivity index is 1.63. The average molecular weight is 503 g/mol. The smallest absolute Gasteiger partial charge is 0.232 e. The van der Waals surface area contributed by atoms with Crippen molar-refractivity contribution in [3.8, 4) is 17.2 Å². The number of ether oxygens (including phenoxy) is 3. The van der Waals surface area contributed by atoms with Crippen LogP contribution in [-0.4, -0.2) is 86.6 Å². The minimum Gasteiger partial charge on any atom is -0.493 e. The first kappa shape index (κ1) is 25.9. The van der Waals surface area contributed by atoms with Crippen molar-refractivity contribution >= 4 is 17.8 Å². The number of nitrogens with zero attached hydrogens (tertiary/aromatic N) is 5. The van der Waals surface area contributed by atoms with E-state index >= 15 is 0 Å². The molecule has 2 aliphatic rings. The number of methoxy groups -OCH3 is 3. The molecule has 9 N–H and O–H groups in total. The Bertz CT molecular complexity index is 952. The summed E-state index contributed by atoms with van der Waals surface area (Å²) in [4.78, 5) is 18.2. The average Bonchev–Trinajstić information content (AvgIpc) is 2.85. The van der Waals surface area contributed by atoms with Gasteiger partial charge >= 0.3 is 0 Å². The van der Waals surface area contributed by atoms with Crippen LogP contribution in [-0.2, 0) is 6.54 Å². The third kappa shape index (κ3) is 5.98. The molecule has 2 aromatic rings. The van der Waals surface area contributed by atoms with E-state index in [1.165, 1.54) is 0 Å². The van der Waals surface area contributed by atoms with Crippen LogP contribution >= 0.6 is 0 Å². The van der Waals surface area contributed by atoms with Crippen LogP contribution in [0.4, 0.5) is 17.8 Å². The molecule has 1 aromatic carbocycles. The van der Waals surface area contributed by atoms with Crippen LogP contribution < -0.4 is 52.3 Å². The van der Waals surface area contributed by atoms with Crippen molar-refractivity contribution in [2.75, 3.05) is 62.6 Å². The summed E-state index contributed by atoms with van der Waals surface area (Å²) in [5.41, 5.74) is 25.8. The van der Waals surface area contributed by atoms with Crippen LogP contribution in [0.5, 0.6) is 17.2 Å². The third-order valence-electron chi connectivity index (χ3n) is 6.38. The van der Waals surface area contributed by atoms with E-state index < -0.39 is 0 Å². The minimum absolute atomic E-state index is 0.0542. The summed E-state index contributed by atoms with van der Waals surface area (Å²) in [5, 5.41) is 3.31. The molecule has 36 heavy (non-hydrogen) atoms. The molecule has 0 spiro atoms.